The van der Waals surface area contributed by atoms with Crippen molar-refractivity contribution in [3.05, 3.63) is 99.4 Å². The van der Waals surface area contributed by atoms with Crippen LogP contribution < -0.4 is 20.7 Å². The molecule has 1 saturated heterocycles. The van der Waals surface area contributed by atoms with E-state index in [0.29, 0.717) is 28.5 Å². The Morgan fingerprint density at radius 3 is 2.34 bits per heavy atom. The number of benzene rings is 2. The van der Waals surface area contributed by atoms with Gasteiger partial charge in [-0.15, -0.1) is 11.3 Å². The number of nitriles is 1. The maximum absolute atomic E-state index is 14.0. The summed E-state index contributed by atoms with van der Waals surface area (Å²) in [5.74, 6) is -0.845. The van der Waals surface area contributed by atoms with Crippen LogP contribution in [0.4, 0.5) is 0 Å². The number of pyridine rings is 1. The number of thiazole rings is 1. The second-order valence-corrected chi connectivity index (χ2v) is 21.3. The molecule has 1 aliphatic carbocycles. The van der Waals surface area contributed by atoms with Gasteiger partial charge in [-0.05, 0) is 67.0 Å². The van der Waals surface area contributed by atoms with Gasteiger partial charge in [0.2, 0.25) is 17.7 Å². The number of aromatic nitrogens is 2. The van der Waals surface area contributed by atoms with Crippen LogP contribution in [0.15, 0.2) is 66.3 Å². The van der Waals surface area contributed by atoms with Gasteiger partial charge in [-0.2, -0.15) is 5.26 Å². The monoisotopic (exact) mass is 953 g/mol. The quantitative estimate of drug-likeness (QED) is 0.0681. The molecule has 16 heteroatoms. The highest BCUT2D eigenvalue weighted by molar-refractivity contribution is 7.13. The largest absolute Gasteiger partial charge is 0.489 e. The van der Waals surface area contributed by atoms with E-state index in [4.69, 9.17) is 21.1 Å². The van der Waals surface area contributed by atoms with Crippen molar-refractivity contribution in [1.29, 1.82) is 5.26 Å². The van der Waals surface area contributed by atoms with Crippen LogP contribution in [0.5, 0.6) is 5.75 Å². The minimum atomic E-state index is -0.943. The lowest BCUT2D eigenvalue weighted by molar-refractivity contribution is -0.164. The van der Waals surface area contributed by atoms with Crippen molar-refractivity contribution in [2.45, 2.75) is 131 Å². The summed E-state index contributed by atoms with van der Waals surface area (Å²) in [6.45, 7) is 16.2. The van der Waals surface area contributed by atoms with E-state index >= 15 is 0 Å². The molecule has 67 heavy (non-hydrogen) atoms. The Labute approximate surface area is 403 Å². The summed E-state index contributed by atoms with van der Waals surface area (Å²) >= 11 is 7.81. The normalized spacial score (nSPS) is 20.0. The van der Waals surface area contributed by atoms with Crippen LogP contribution in [0, 0.1) is 34.5 Å². The maximum Gasteiger partial charge on any atom is 0.253 e. The van der Waals surface area contributed by atoms with E-state index in [1.807, 2.05) is 63.5 Å². The lowest BCUT2D eigenvalue weighted by Gasteiger charge is -2.63. The van der Waals surface area contributed by atoms with Gasteiger partial charge in [0.05, 0.1) is 38.3 Å². The number of nitrogens with zero attached hydrogens (tertiary/aromatic N) is 4. The Kier molecular flexibility index (Phi) is 16.5. The summed E-state index contributed by atoms with van der Waals surface area (Å²) in [5, 5.41) is 29.1. The SMILES string of the molecule is Cc1ncsc1-c1ccc(CNC(=O)[C@@H]2C[C@@H](O)CN2C(=O)[C@@H](NC(=O)COCCCCCCc2ccc(C(=O)NC3C(C)(C)C(Oc4ccc(C#N)c(Cl)c4)C3(C)C)cn2)C(C)(C)C)cc1. The van der Waals surface area contributed by atoms with Crippen molar-refractivity contribution >= 4 is 46.6 Å². The van der Waals surface area contributed by atoms with Gasteiger partial charge < -0.3 is 35.4 Å². The number of unbranched alkanes of at least 4 members (excludes halogenated alkanes) is 3. The maximum atomic E-state index is 14.0. The first-order valence-corrected chi connectivity index (χ1v) is 24.2. The van der Waals surface area contributed by atoms with Crippen molar-refractivity contribution in [3.63, 3.8) is 0 Å². The van der Waals surface area contributed by atoms with Gasteiger partial charge in [-0.25, -0.2) is 4.98 Å². The molecule has 0 radical (unpaired) electrons. The first-order chi connectivity index (χ1) is 31.7. The Balaban J connectivity index is 0.878. The summed E-state index contributed by atoms with van der Waals surface area (Å²) in [7, 11) is 0. The number of aliphatic hydroxyl groups excluding tert-OH is 1. The third kappa shape index (κ3) is 12.4. The molecule has 3 atom stereocenters. The standard InChI is InChI=1S/C51H64ClN7O7S/c1-31-42(67-30-56-31)33-16-14-32(15-17-33)26-55-45(63)40-23-37(60)28-59(40)46(64)43(49(2,3)4)57-41(61)29-65-22-12-10-9-11-13-36-20-18-35(27-54-36)44(62)58-47-50(5,6)48(51(47,7)8)66-38-21-19-34(25-53)39(52)24-38/h14-21,24,27,30,37,40,43,47-48,60H,9-13,22-23,26,28-29H2,1-8H3,(H,55,63)(H,57,61)(H,58,62)/t37-,40+,43-,47?,48?/m1/s1. The molecular formula is C51H64ClN7O7S. The average Bonchev–Trinajstić information content (AvgIpc) is 3.91. The molecule has 6 rings (SSSR count). The van der Waals surface area contributed by atoms with Crippen molar-refractivity contribution in [2.75, 3.05) is 19.8 Å². The Morgan fingerprint density at radius 1 is 1.00 bits per heavy atom. The van der Waals surface area contributed by atoms with Gasteiger partial charge >= 0.3 is 0 Å². The third-order valence-corrected chi connectivity index (χ3v) is 14.2. The predicted octanol–water partition coefficient (Wildman–Crippen LogP) is 7.58. The highest BCUT2D eigenvalue weighted by Crippen LogP contribution is 2.55. The van der Waals surface area contributed by atoms with E-state index in [2.05, 4.69) is 59.7 Å². The Morgan fingerprint density at radius 2 is 1.72 bits per heavy atom. The molecule has 3 heterocycles. The number of hydrogen-bond acceptors (Lipinski definition) is 11. The summed E-state index contributed by atoms with van der Waals surface area (Å²) in [4.78, 5) is 65.2. The number of ether oxygens (including phenoxy) is 2. The van der Waals surface area contributed by atoms with E-state index in [1.54, 1.807) is 41.8 Å². The van der Waals surface area contributed by atoms with Crippen LogP contribution in [-0.2, 0) is 32.1 Å². The molecule has 2 aromatic heterocycles. The van der Waals surface area contributed by atoms with Gasteiger partial charge in [0, 0.05) is 60.9 Å². The molecule has 0 bridgehead atoms. The van der Waals surface area contributed by atoms with E-state index in [0.717, 1.165) is 59.5 Å². The van der Waals surface area contributed by atoms with Crippen LogP contribution in [-0.4, -0.2) is 93.7 Å². The number of likely N-dealkylation sites (tertiary alicyclic amines) is 1. The van der Waals surface area contributed by atoms with Crippen molar-refractivity contribution in [1.82, 2.24) is 30.8 Å². The highest BCUT2D eigenvalue weighted by Gasteiger charge is 2.64. The summed E-state index contributed by atoms with van der Waals surface area (Å²) in [5.41, 5.74) is 5.03. The number of hydrogen-bond donors (Lipinski definition) is 4. The van der Waals surface area contributed by atoms with Crippen LogP contribution in [0.1, 0.15) is 113 Å². The summed E-state index contributed by atoms with van der Waals surface area (Å²) in [6, 6.07) is 16.7. The number of nitrogens with one attached hydrogen (secondary N) is 3. The molecule has 1 saturated carbocycles. The molecule has 2 fully saturated rings. The molecule has 4 N–H and O–H groups in total. The van der Waals surface area contributed by atoms with E-state index in [1.165, 1.54) is 4.90 Å². The fraction of sp³-hybridized carbons (Fsp3) is 0.510. The van der Waals surface area contributed by atoms with Gasteiger partial charge in [-0.1, -0.05) is 97.2 Å². The zero-order chi connectivity index (χ0) is 48.7. The number of carbonyl (C=O) groups is 4. The van der Waals surface area contributed by atoms with Gasteiger partial charge in [-0.3, -0.25) is 24.2 Å². The van der Waals surface area contributed by atoms with Gasteiger partial charge in [0.1, 0.15) is 36.6 Å². The number of rotatable bonds is 19. The molecule has 1 aliphatic heterocycles. The Hall–Kier alpha value is -5.40. The summed E-state index contributed by atoms with van der Waals surface area (Å²) < 4.78 is 12.0. The third-order valence-electron chi connectivity index (χ3n) is 12.9. The van der Waals surface area contributed by atoms with Crippen molar-refractivity contribution < 1.29 is 33.8 Å². The number of aliphatic hydroxyl groups is 1. The van der Waals surface area contributed by atoms with Crippen molar-refractivity contribution in [2.24, 2.45) is 16.2 Å². The number of aryl methyl sites for hydroxylation is 2. The number of halogens is 1. The molecule has 14 nitrogen and oxygen atoms in total. The number of amides is 4. The molecule has 2 aromatic carbocycles. The lowest BCUT2D eigenvalue weighted by Crippen LogP contribution is -2.74. The molecule has 2 aliphatic rings. The molecular weight excluding hydrogens is 890 g/mol. The fourth-order valence-corrected chi connectivity index (χ4v) is 10.6. The smallest absolute Gasteiger partial charge is 0.253 e. The second kappa shape index (κ2) is 21.7. The van der Waals surface area contributed by atoms with Gasteiger partial charge in [0.25, 0.3) is 5.91 Å². The number of β-amino-alcohol motifs (C(OH)–C–C–N with tert-alkyl or cyclic N) is 1. The first kappa shape index (κ1) is 51.0. The van der Waals surface area contributed by atoms with E-state index in [9.17, 15) is 29.5 Å². The zero-order valence-corrected chi connectivity index (χ0v) is 41.4. The molecule has 358 valence electrons. The highest BCUT2D eigenvalue weighted by atomic mass is 35.5. The zero-order valence-electron chi connectivity index (χ0n) is 39.8. The average molecular weight is 955 g/mol. The minimum Gasteiger partial charge on any atom is -0.489 e. The molecule has 0 unspecified atom stereocenters. The second-order valence-electron chi connectivity index (χ2n) is 20.0. The fourth-order valence-electron chi connectivity index (χ4n) is 9.53. The first-order valence-electron chi connectivity index (χ1n) is 23.0. The Bertz CT molecular complexity index is 2410. The number of carbonyl (C=O) groups excluding carboxylic acids is 4. The molecule has 4 amide bonds. The topological polar surface area (TPSA) is 196 Å². The lowest BCUT2D eigenvalue weighted by atomic mass is 9.49. The minimum absolute atomic E-state index is 0.00671. The molecule has 0 spiro atoms. The van der Waals surface area contributed by atoms with Crippen molar-refractivity contribution in [3.8, 4) is 22.3 Å². The molecule has 4 aromatic rings. The van der Waals surface area contributed by atoms with Crippen LogP contribution >= 0.6 is 22.9 Å². The van der Waals surface area contributed by atoms with Crippen LogP contribution in [0.2, 0.25) is 5.02 Å². The summed E-state index contributed by atoms with van der Waals surface area (Å²) in [6.07, 6.45) is 4.87. The van der Waals surface area contributed by atoms with E-state index < -0.39 is 35.4 Å². The van der Waals surface area contributed by atoms with Crippen LogP contribution in [0.25, 0.3) is 10.4 Å². The van der Waals surface area contributed by atoms with Crippen LogP contribution in [0.3, 0.4) is 0 Å². The van der Waals surface area contributed by atoms with Gasteiger partial charge in [0.15, 0.2) is 0 Å². The van der Waals surface area contributed by atoms with E-state index in [-0.39, 0.29) is 60.9 Å². The predicted molar refractivity (Wildman–Crippen MR) is 258 cm³/mol.